The van der Waals surface area contributed by atoms with Crippen LogP contribution >= 0.6 is 0 Å². The normalized spacial score (nSPS) is 16.0. The monoisotopic (exact) mass is 166 g/mol. The molecule has 0 fully saturated rings. The molecule has 0 heteroatoms. The zero-order valence-electron chi connectivity index (χ0n) is 9.09. The fourth-order valence-corrected chi connectivity index (χ4v) is 0.916. The van der Waals surface area contributed by atoms with Crippen LogP contribution in [0.2, 0.25) is 0 Å². The van der Waals surface area contributed by atoms with Gasteiger partial charge in [0.25, 0.3) is 0 Å². The van der Waals surface area contributed by atoms with Crippen molar-refractivity contribution >= 4 is 0 Å². The van der Waals surface area contributed by atoms with Crippen molar-refractivity contribution in [2.24, 2.45) is 11.8 Å². The Labute approximate surface area is 77.4 Å². The molecule has 1 unspecified atom stereocenters. The maximum absolute atomic E-state index is 2.30. The molecule has 0 N–H and O–H groups in total. The van der Waals surface area contributed by atoms with E-state index in [1.165, 1.54) is 5.57 Å². The number of allylic oxidation sites excluding steroid dienone is 4. The molecule has 0 aromatic heterocycles. The van der Waals surface area contributed by atoms with Crippen molar-refractivity contribution in [2.45, 2.75) is 41.0 Å². The summed E-state index contributed by atoms with van der Waals surface area (Å²) in [5.41, 5.74) is 1.38. The van der Waals surface area contributed by atoms with Gasteiger partial charge in [0.2, 0.25) is 0 Å². The molecule has 0 radical (unpaired) electrons. The molecule has 12 heavy (non-hydrogen) atoms. The Morgan fingerprint density at radius 1 is 1.25 bits per heavy atom. The molecule has 0 saturated carbocycles. The van der Waals surface area contributed by atoms with Gasteiger partial charge in [-0.3, -0.25) is 0 Å². The molecule has 1 atom stereocenters. The largest absolute Gasteiger partial charge is 0.0819 e. The summed E-state index contributed by atoms with van der Waals surface area (Å²) in [5.74, 6) is 1.43. The minimum Gasteiger partial charge on any atom is -0.0819 e. The van der Waals surface area contributed by atoms with E-state index in [9.17, 15) is 0 Å². The Bertz CT molecular complexity index is 161. The predicted octanol–water partition coefficient (Wildman–Crippen LogP) is 4.19. The van der Waals surface area contributed by atoms with Gasteiger partial charge in [-0.15, -0.1) is 0 Å². The molecule has 0 rings (SSSR count). The lowest BCUT2D eigenvalue weighted by atomic mass is 9.97. The van der Waals surface area contributed by atoms with Crippen molar-refractivity contribution < 1.29 is 0 Å². The quantitative estimate of drug-likeness (QED) is 0.549. The van der Waals surface area contributed by atoms with E-state index >= 15 is 0 Å². The van der Waals surface area contributed by atoms with E-state index < -0.39 is 0 Å². The van der Waals surface area contributed by atoms with E-state index in [0.29, 0.717) is 5.92 Å². The first-order valence-corrected chi connectivity index (χ1v) is 4.92. The van der Waals surface area contributed by atoms with Gasteiger partial charge in [-0.1, -0.05) is 51.5 Å². The summed E-state index contributed by atoms with van der Waals surface area (Å²) >= 11 is 0. The molecular formula is C12H22. The summed E-state index contributed by atoms with van der Waals surface area (Å²) < 4.78 is 0. The molecule has 0 saturated heterocycles. The lowest BCUT2D eigenvalue weighted by Gasteiger charge is -2.09. The Kier molecular flexibility index (Phi) is 5.79. The van der Waals surface area contributed by atoms with Gasteiger partial charge in [0, 0.05) is 0 Å². The van der Waals surface area contributed by atoms with Gasteiger partial charge in [0.05, 0.1) is 0 Å². The molecule has 70 valence electrons. The van der Waals surface area contributed by atoms with Crippen molar-refractivity contribution in [2.75, 3.05) is 0 Å². The van der Waals surface area contributed by atoms with Crippen LogP contribution in [0.3, 0.4) is 0 Å². The van der Waals surface area contributed by atoms with E-state index in [1.807, 2.05) is 0 Å². The van der Waals surface area contributed by atoms with Crippen LogP contribution in [-0.4, -0.2) is 0 Å². The Morgan fingerprint density at radius 3 is 2.25 bits per heavy atom. The third-order valence-corrected chi connectivity index (χ3v) is 2.24. The van der Waals surface area contributed by atoms with Crippen LogP contribution in [-0.2, 0) is 0 Å². The highest BCUT2D eigenvalue weighted by atomic mass is 14.1. The molecule has 0 aromatic rings. The Hall–Kier alpha value is -0.520. The Morgan fingerprint density at radius 2 is 1.83 bits per heavy atom. The van der Waals surface area contributed by atoms with E-state index in [-0.39, 0.29) is 0 Å². The summed E-state index contributed by atoms with van der Waals surface area (Å²) in [6.45, 7) is 11.1. The summed E-state index contributed by atoms with van der Waals surface area (Å²) in [5, 5.41) is 0. The second kappa shape index (κ2) is 6.05. The second-order valence-corrected chi connectivity index (χ2v) is 3.82. The average molecular weight is 166 g/mol. The highest BCUT2D eigenvalue weighted by molar-refractivity contribution is 5.16. The molecule has 0 bridgehead atoms. The maximum atomic E-state index is 2.30. The number of rotatable bonds is 4. The van der Waals surface area contributed by atoms with Gasteiger partial charge in [-0.2, -0.15) is 0 Å². The molecular weight excluding hydrogens is 144 g/mol. The molecule has 0 heterocycles. The molecule has 0 aromatic carbocycles. The van der Waals surface area contributed by atoms with Crippen molar-refractivity contribution in [1.82, 2.24) is 0 Å². The van der Waals surface area contributed by atoms with Gasteiger partial charge in [-0.25, -0.2) is 0 Å². The van der Waals surface area contributed by atoms with Crippen LogP contribution in [0.15, 0.2) is 23.8 Å². The van der Waals surface area contributed by atoms with E-state index in [2.05, 4.69) is 52.8 Å². The van der Waals surface area contributed by atoms with Gasteiger partial charge in [0.15, 0.2) is 0 Å². The van der Waals surface area contributed by atoms with Crippen molar-refractivity contribution in [3.8, 4) is 0 Å². The van der Waals surface area contributed by atoms with Crippen molar-refractivity contribution in [3.63, 3.8) is 0 Å². The minimum absolute atomic E-state index is 0.685. The molecule has 0 spiro atoms. The molecule has 0 aliphatic carbocycles. The lowest BCUT2D eigenvalue weighted by molar-refractivity contribution is 0.504. The predicted molar refractivity (Wildman–Crippen MR) is 57.2 cm³/mol. The van der Waals surface area contributed by atoms with Crippen LogP contribution in [0.25, 0.3) is 0 Å². The van der Waals surface area contributed by atoms with Crippen LogP contribution in [0.4, 0.5) is 0 Å². The highest BCUT2D eigenvalue weighted by Gasteiger charge is 2.00. The highest BCUT2D eigenvalue weighted by Crippen LogP contribution is 2.12. The molecule has 0 aliphatic heterocycles. The van der Waals surface area contributed by atoms with Crippen molar-refractivity contribution in [3.05, 3.63) is 23.8 Å². The van der Waals surface area contributed by atoms with Gasteiger partial charge >= 0.3 is 0 Å². The average Bonchev–Trinajstić information content (AvgIpc) is 2.00. The first-order chi connectivity index (χ1) is 5.57. The van der Waals surface area contributed by atoms with E-state index in [0.717, 1.165) is 12.3 Å². The molecule has 0 aliphatic rings. The van der Waals surface area contributed by atoms with Crippen LogP contribution in [0.1, 0.15) is 41.0 Å². The lowest BCUT2D eigenvalue weighted by Crippen LogP contribution is -1.98. The standard InChI is InChI=1S/C12H22/c1-6-7-11(4)8-9-12(5)10(2)3/h7-10,12H,6H2,1-5H3/b9-8-,11-7-. The first-order valence-electron chi connectivity index (χ1n) is 4.92. The molecule has 0 nitrogen and oxygen atoms in total. The topological polar surface area (TPSA) is 0 Å². The van der Waals surface area contributed by atoms with E-state index in [4.69, 9.17) is 0 Å². The van der Waals surface area contributed by atoms with E-state index in [1.54, 1.807) is 0 Å². The minimum atomic E-state index is 0.685. The summed E-state index contributed by atoms with van der Waals surface area (Å²) in [7, 11) is 0. The summed E-state index contributed by atoms with van der Waals surface area (Å²) in [4.78, 5) is 0. The fourth-order valence-electron chi connectivity index (χ4n) is 0.916. The molecule has 0 amide bonds. The van der Waals surface area contributed by atoms with Crippen LogP contribution < -0.4 is 0 Å². The van der Waals surface area contributed by atoms with Crippen molar-refractivity contribution in [1.29, 1.82) is 0 Å². The van der Waals surface area contributed by atoms with Gasteiger partial charge < -0.3 is 0 Å². The fraction of sp³-hybridized carbons (Fsp3) is 0.667. The van der Waals surface area contributed by atoms with Gasteiger partial charge in [0.1, 0.15) is 0 Å². The zero-order valence-corrected chi connectivity index (χ0v) is 9.09. The Balaban J connectivity index is 3.97. The van der Waals surface area contributed by atoms with Crippen LogP contribution in [0.5, 0.6) is 0 Å². The smallest absolute Gasteiger partial charge is 0.0236 e. The zero-order chi connectivity index (χ0) is 9.56. The third kappa shape index (κ3) is 5.17. The number of hydrogen-bond acceptors (Lipinski definition) is 0. The SMILES string of the molecule is CC/C=C(C)\C=C/C(C)C(C)C. The summed E-state index contributed by atoms with van der Waals surface area (Å²) in [6, 6.07) is 0. The number of hydrogen-bond donors (Lipinski definition) is 0. The summed E-state index contributed by atoms with van der Waals surface area (Å²) in [6.07, 6.45) is 7.91. The second-order valence-electron chi connectivity index (χ2n) is 3.82. The maximum Gasteiger partial charge on any atom is -0.0236 e. The third-order valence-electron chi connectivity index (χ3n) is 2.24. The first kappa shape index (κ1) is 11.5. The van der Waals surface area contributed by atoms with Crippen LogP contribution in [0, 0.1) is 11.8 Å². The van der Waals surface area contributed by atoms with Gasteiger partial charge in [-0.05, 0) is 25.2 Å².